The molecule has 0 bridgehead atoms. The van der Waals surface area contributed by atoms with E-state index in [1.165, 1.54) is 12.1 Å². The Bertz CT molecular complexity index is 625. The first-order valence-corrected chi connectivity index (χ1v) is 7.33. The lowest BCUT2D eigenvalue weighted by Gasteiger charge is -2.24. The van der Waals surface area contributed by atoms with Crippen LogP contribution in [0.1, 0.15) is 34.9 Å². The molecule has 1 saturated heterocycles. The van der Waals surface area contributed by atoms with Crippen molar-refractivity contribution in [3.63, 3.8) is 0 Å². The van der Waals surface area contributed by atoms with E-state index in [2.05, 4.69) is 10.3 Å². The highest BCUT2D eigenvalue weighted by Crippen LogP contribution is 2.27. The van der Waals surface area contributed by atoms with Crippen molar-refractivity contribution < 1.29 is 13.9 Å². The van der Waals surface area contributed by atoms with Gasteiger partial charge in [0.05, 0.1) is 12.1 Å². The molecule has 114 valence electrons. The Balaban J connectivity index is 1.82. The summed E-state index contributed by atoms with van der Waals surface area (Å²) in [6, 6.07) is 11.0. The zero-order valence-electron chi connectivity index (χ0n) is 12.0. The van der Waals surface area contributed by atoms with Crippen LogP contribution < -0.4 is 5.32 Å². The molecule has 0 aliphatic carbocycles. The Morgan fingerprint density at radius 2 is 2.09 bits per heavy atom. The quantitative estimate of drug-likeness (QED) is 0.944. The van der Waals surface area contributed by atoms with E-state index in [0.29, 0.717) is 12.3 Å². The Morgan fingerprint density at radius 1 is 1.27 bits per heavy atom. The molecule has 1 fully saturated rings. The van der Waals surface area contributed by atoms with E-state index in [-0.39, 0.29) is 23.9 Å². The number of hydrogen-bond acceptors (Lipinski definition) is 3. The molecule has 3 rings (SSSR count). The zero-order chi connectivity index (χ0) is 15.4. The number of nitrogens with one attached hydrogen (secondary N) is 1. The molecule has 2 aromatic rings. The lowest BCUT2D eigenvalue weighted by molar-refractivity contribution is 0.0670. The topological polar surface area (TPSA) is 51.2 Å². The van der Waals surface area contributed by atoms with Crippen LogP contribution in [0.4, 0.5) is 4.39 Å². The van der Waals surface area contributed by atoms with Crippen molar-refractivity contribution >= 4 is 5.91 Å². The number of halogens is 1. The Labute approximate surface area is 128 Å². The van der Waals surface area contributed by atoms with Crippen molar-refractivity contribution in [1.29, 1.82) is 0 Å². The maximum Gasteiger partial charge on any atom is 0.270 e. The number of rotatable bonds is 4. The lowest BCUT2D eigenvalue weighted by Crippen LogP contribution is -2.36. The SMILES string of the molecule is O=C(N[C@H](c1ccc(F)cc1)[C@H]1CCCO1)c1ccccn1. The number of benzene rings is 1. The van der Waals surface area contributed by atoms with E-state index in [4.69, 9.17) is 4.74 Å². The van der Waals surface area contributed by atoms with Gasteiger partial charge in [-0.3, -0.25) is 9.78 Å². The van der Waals surface area contributed by atoms with Crippen LogP contribution in [0.25, 0.3) is 0 Å². The average molecular weight is 300 g/mol. The van der Waals surface area contributed by atoms with Gasteiger partial charge in [-0.25, -0.2) is 4.39 Å². The molecule has 1 amide bonds. The Kier molecular flexibility index (Phi) is 4.44. The molecule has 0 unspecified atom stereocenters. The standard InChI is InChI=1S/C17H17FN2O2/c18-13-8-6-12(7-9-13)16(15-5-3-11-22-15)20-17(21)14-4-1-2-10-19-14/h1-2,4,6-10,15-16H,3,5,11H2,(H,20,21)/t15-,16-/m1/s1. The van der Waals surface area contributed by atoms with Gasteiger partial charge in [0.25, 0.3) is 5.91 Å². The van der Waals surface area contributed by atoms with Gasteiger partial charge in [-0.15, -0.1) is 0 Å². The molecule has 2 atom stereocenters. The number of hydrogen-bond donors (Lipinski definition) is 1. The molecule has 1 aromatic carbocycles. The van der Waals surface area contributed by atoms with Gasteiger partial charge < -0.3 is 10.1 Å². The third-order valence-electron chi connectivity index (χ3n) is 3.75. The molecule has 0 saturated carbocycles. The molecule has 2 heterocycles. The molecular formula is C17H17FN2O2. The van der Waals surface area contributed by atoms with Crippen LogP contribution in [0.15, 0.2) is 48.7 Å². The molecule has 1 aliphatic heterocycles. The minimum Gasteiger partial charge on any atom is -0.376 e. The van der Waals surface area contributed by atoms with Gasteiger partial charge in [0, 0.05) is 12.8 Å². The second-order valence-corrected chi connectivity index (χ2v) is 5.27. The van der Waals surface area contributed by atoms with Crippen LogP contribution >= 0.6 is 0 Å². The third kappa shape index (κ3) is 3.31. The first-order valence-electron chi connectivity index (χ1n) is 7.33. The first kappa shape index (κ1) is 14.7. The summed E-state index contributed by atoms with van der Waals surface area (Å²) in [5, 5.41) is 2.96. The number of nitrogens with zero attached hydrogens (tertiary/aromatic N) is 1. The highest BCUT2D eigenvalue weighted by atomic mass is 19.1. The fourth-order valence-electron chi connectivity index (χ4n) is 2.64. The highest BCUT2D eigenvalue weighted by molar-refractivity contribution is 5.92. The van der Waals surface area contributed by atoms with Gasteiger partial charge >= 0.3 is 0 Å². The summed E-state index contributed by atoms with van der Waals surface area (Å²) in [7, 11) is 0. The van der Waals surface area contributed by atoms with Crippen molar-refractivity contribution in [3.8, 4) is 0 Å². The summed E-state index contributed by atoms with van der Waals surface area (Å²) in [5.41, 5.74) is 1.19. The summed E-state index contributed by atoms with van der Waals surface area (Å²) >= 11 is 0. The van der Waals surface area contributed by atoms with E-state index in [1.54, 1.807) is 36.5 Å². The summed E-state index contributed by atoms with van der Waals surface area (Å²) in [5.74, 6) is -0.559. The normalized spacial score (nSPS) is 18.9. The number of ether oxygens (including phenoxy) is 1. The highest BCUT2D eigenvalue weighted by Gasteiger charge is 2.29. The molecule has 1 N–H and O–H groups in total. The van der Waals surface area contributed by atoms with Gasteiger partial charge in [0.2, 0.25) is 0 Å². The second-order valence-electron chi connectivity index (χ2n) is 5.27. The van der Waals surface area contributed by atoms with E-state index in [9.17, 15) is 9.18 Å². The van der Waals surface area contributed by atoms with Crippen molar-refractivity contribution in [1.82, 2.24) is 10.3 Å². The van der Waals surface area contributed by atoms with Crippen molar-refractivity contribution in [3.05, 3.63) is 65.7 Å². The summed E-state index contributed by atoms with van der Waals surface area (Å²) < 4.78 is 18.8. The van der Waals surface area contributed by atoms with Crippen LogP contribution in [0, 0.1) is 5.82 Å². The van der Waals surface area contributed by atoms with E-state index < -0.39 is 0 Å². The van der Waals surface area contributed by atoms with Crippen LogP contribution in [-0.4, -0.2) is 23.6 Å². The van der Waals surface area contributed by atoms with Crippen molar-refractivity contribution in [2.24, 2.45) is 0 Å². The van der Waals surface area contributed by atoms with Crippen LogP contribution in [0.2, 0.25) is 0 Å². The Morgan fingerprint density at radius 3 is 2.73 bits per heavy atom. The number of amides is 1. The van der Waals surface area contributed by atoms with E-state index >= 15 is 0 Å². The van der Waals surface area contributed by atoms with Gasteiger partial charge in [-0.1, -0.05) is 18.2 Å². The molecule has 0 radical (unpaired) electrons. The molecule has 1 aromatic heterocycles. The van der Waals surface area contributed by atoms with E-state index in [1.807, 2.05) is 0 Å². The van der Waals surface area contributed by atoms with Crippen LogP contribution in [-0.2, 0) is 4.74 Å². The number of carbonyl (C=O) groups is 1. The monoisotopic (exact) mass is 300 g/mol. The fourth-order valence-corrected chi connectivity index (χ4v) is 2.64. The van der Waals surface area contributed by atoms with Crippen molar-refractivity contribution in [2.45, 2.75) is 25.0 Å². The molecule has 22 heavy (non-hydrogen) atoms. The first-order chi connectivity index (χ1) is 10.7. The minimum absolute atomic E-state index is 0.0990. The molecule has 5 heteroatoms. The van der Waals surface area contributed by atoms with Gasteiger partial charge in [-0.05, 0) is 42.7 Å². The summed E-state index contributed by atoms with van der Waals surface area (Å²) in [6.07, 6.45) is 3.30. The maximum atomic E-state index is 13.1. The van der Waals surface area contributed by atoms with E-state index in [0.717, 1.165) is 18.4 Å². The molecule has 0 spiro atoms. The predicted octanol–water partition coefficient (Wildman–Crippen LogP) is 2.87. The van der Waals surface area contributed by atoms with Gasteiger partial charge in [-0.2, -0.15) is 0 Å². The summed E-state index contributed by atoms with van der Waals surface area (Å²) in [4.78, 5) is 16.4. The predicted molar refractivity (Wildman–Crippen MR) is 79.8 cm³/mol. The molecular weight excluding hydrogens is 283 g/mol. The minimum atomic E-state index is -0.308. The summed E-state index contributed by atoms with van der Waals surface area (Å²) in [6.45, 7) is 0.682. The molecule has 1 aliphatic rings. The zero-order valence-corrected chi connectivity index (χ0v) is 12.0. The fraction of sp³-hybridized carbons (Fsp3) is 0.294. The van der Waals surface area contributed by atoms with Crippen molar-refractivity contribution in [2.75, 3.05) is 6.61 Å². The second kappa shape index (κ2) is 6.66. The smallest absolute Gasteiger partial charge is 0.270 e. The Hall–Kier alpha value is -2.27. The lowest BCUT2D eigenvalue weighted by atomic mass is 9.99. The molecule has 4 nitrogen and oxygen atoms in total. The number of pyridine rings is 1. The third-order valence-corrected chi connectivity index (χ3v) is 3.75. The number of aromatic nitrogens is 1. The largest absolute Gasteiger partial charge is 0.376 e. The maximum absolute atomic E-state index is 13.1. The van der Waals surface area contributed by atoms with Gasteiger partial charge in [0.1, 0.15) is 11.5 Å². The van der Waals surface area contributed by atoms with Crippen LogP contribution in [0.5, 0.6) is 0 Å². The van der Waals surface area contributed by atoms with Gasteiger partial charge in [0.15, 0.2) is 0 Å². The average Bonchev–Trinajstić information content (AvgIpc) is 3.08. The van der Waals surface area contributed by atoms with Crippen LogP contribution in [0.3, 0.4) is 0 Å². The number of carbonyl (C=O) groups excluding carboxylic acids is 1.